The standard InChI is InChI=1S/C13H18N2O/c1-13(2,3)10-7-8-14-12-9(10)5-6-11(16)15(12)4/h7-8H,5-6H2,1-4H3. The van der Waals surface area contributed by atoms with Crippen LogP contribution in [0.4, 0.5) is 5.82 Å². The molecule has 0 N–H and O–H groups in total. The number of amides is 1. The van der Waals surface area contributed by atoms with E-state index in [0.717, 1.165) is 12.2 Å². The summed E-state index contributed by atoms with van der Waals surface area (Å²) in [5.41, 5.74) is 2.64. The van der Waals surface area contributed by atoms with Crippen molar-refractivity contribution >= 4 is 11.7 Å². The Morgan fingerprint density at radius 3 is 2.62 bits per heavy atom. The molecule has 16 heavy (non-hydrogen) atoms. The van der Waals surface area contributed by atoms with Gasteiger partial charge in [0, 0.05) is 19.7 Å². The zero-order valence-electron chi connectivity index (χ0n) is 10.4. The monoisotopic (exact) mass is 218 g/mol. The molecule has 0 saturated heterocycles. The molecule has 0 unspecified atom stereocenters. The Labute approximate surface area is 96.5 Å². The molecule has 1 aromatic rings. The molecule has 0 saturated carbocycles. The number of pyridine rings is 1. The number of carbonyl (C=O) groups is 1. The molecule has 2 heterocycles. The second-order valence-electron chi connectivity index (χ2n) is 5.36. The molecule has 0 radical (unpaired) electrons. The van der Waals surface area contributed by atoms with Gasteiger partial charge in [0.15, 0.2) is 0 Å². The summed E-state index contributed by atoms with van der Waals surface area (Å²) in [6, 6.07) is 2.07. The number of carbonyl (C=O) groups excluding carboxylic acids is 1. The van der Waals surface area contributed by atoms with Crippen molar-refractivity contribution < 1.29 is 4.79 Å². The van der Waals surface area contributed by atoms with Crippen molar-refractivity contribution in [3.8, 4) is 0 Å². The first-order valence-electron chi connectivity index (χ1n) is 5.66. The van der Waals surface area contributed by atoms with E-state index < -0.39 is 0 Å². The van der Waals surface area contributed by atoms with Gasteiger partial charge in [-0.15, -0.1) is 0 Å². The van der Waals surface area contributed by atoms with E-state index in [4.69, 9.17) is 0 Å². The van der Waals surface area contributed by atoms with Crippen molar-refractivity contribution in [3.05, 3.63) is 23.4 Å². The topological polar surface area (TPSA) is 33.2 Å². The zero-order valence-corrected chi connectivity index (χ0v) is 10.4. The summed E-state index contributed by atoms with van der Waals surface area (Å²) in [5, 5.41) is 0. The molecule has 3 nitrogen and oxygen atoms in total. The number of hydrogen-bond donors (Lipinski definition) is 0. The van der Waals surface area contributed by atoms with Gasteiger partial charge in [-0.05, 0) is 29.0 Å². The zero-order chi connectivity index (χ0) is 11.9. The lowest BCUT2D eigenvalue weighted by Gasteiger charge is -2.30. The van der Waals surface area contributed by atoms with Gasteiger partial charge in [-0.3, -0.25) is 9.69 Å². The van der Waals surface area contributed by atoms with Gasteiger partial charge >= 0.3 is 0 Å². The lowest BCUT2D eigenvalue weighted by Crippen LogP contribution is -2.33. The Kier molecular flexibility index (Phi) is 2.49. The van der Waals surface area contributed by atoms with Crippen LogP contribution in [-0.4, -0.2) is 17.9 Å². The average molecular weight is 218 g/mol. The molecule has 1 aliphatic heterocycles. The third-order valence-corrected chi connectivity index (χ3v) is 3.12. The minimum Gasteiger partial charge on any atom is -0.300 e. The summed E-state index contributed by atoms with van der Waals surface area (Å²) in [6.07, 6.45) is 3.21. The highest BCUT2D eigenvalue weighted by atomic mass is 16.2. The quantitative estimate of drug-likeness (QED) is 0.669. The van der Waals surface area contributed by atoms with Crippen molar-refractivity contribution in [2.45, 2.75) is 39.0 Å². The van der Waals surface area contributed by atoms with E-state index in [2.05, 4.69) is 31.8 Å². The van der Waals surface area contributed by atoms with Crippen LogP contribution in [0.3, 0.4) is 0 Å². The molecule has 0 aromatic carbocycles. The molecule has 0 atom stereocenters. The van der Waals surface area contributed by atoms with Crippen molar-refractivity contribution in [3.63, 3.8) is 0 Å². The third kappa shape index (κ3) is 1.70. The number of aromatic nitrogens is 1. The summed E-state index contributed by atoms with van der Waals surface area (Å²) < 4.78 is 0. The van der Waals surface area contributed by atoms with E-state index in [9.17, 15) is 4.79 Å². The molecule has 1 aliphatic rings. The molecular weight excluding hydrogens is 200 g/mol. The SMILES string of the molecule is CN1C(=O)CCc2c(C(C)(C)C)ccnc21. The fourth-order valence-corrected chi connectivity index (χ4v) is 2.24. The summed E-state index contributed by atoms with van der Waals surface area (Å²) in [7, 11) is 1.81. The summed E-state index contributed by atoms with van der Waals surface area (Å²) in [6.45, 7) is 6.58. The first kappa shape index (κ1) is 11.1. The highest BCUT2D eigenvalue weighted by molar-refractivity contribution is 5.95. The van der Waals surface area contributed by atoms with Gasteiger partial charge in [-0.25, -0.2) is 4.98 Å². The number of nitrogens with zero attached hydrogens (tertiary/aromatic N) is 2. The van der Waals surface area contributed by atoms with Crippen LogP contribution in [0.5, 0.6) is 0 Å². The first-order valence-corrected chi connectivity index (χ1v) is 5.66. The van der Waals surface area contributed by atoms with Crippen LogP contribution < -0.4 is 4.90 Å². The number of hydrogen-bond acceptors (Lipinski definition) is 2. The van der Waals surface area contributed by atoms with Crippen molar-refractivity contribution in [2.24, 2.45) is 0 Å². The fraction of sp³-hybridized carbons (Fsp3) is 0.538. The van der Waals surface area contributed by atoms with Gasteiger partial charge in [0.25, 0.3) is 0 Å². The lowest BCUT2D eigenvalue weighted by atomic mass is 9.82. The maximum Gasteiger partial charge on any atom is 0.228 e. The van der Waals surface area contributed by atoms with Crippen LogP contribution in [0.2, 0.25) is 0 Å². The Balaban J connectivity index is 2.57. The minimum atomic E-state index is 0.105. The molecule has 0 spiro atoms. The smallest absolute Gasteiger partial charge is 0.228 e. The second kappa shape index (κ2) is 3.58. The van der Waals surface area contributed by atoms with Crippen molar-refractivity contribution in [1.82, 2.24) is 4.98 Å². The maximum absolute atomic E-state index is 11.6. The average Bonchev–Trinajstić information content (AvgIpc) is 2.21. The molecular formula is C13H18N2O. The maximum atomic E-state index is 11.6. The summed E-state index contributed by atoms with van der Waals surface area (Å²) in [4.78, 5) is 17.6. The molecule has 3 heteroatoms. The molecule has 0 fully saturated rings. The van der Waals surface area contributed by atoms with Gasteiger partial charge in [0.2, 0.25) is 5.91 Å². The van der Waals surface area contributed by atoms with Gasteiger partial charge in [-0.1, -0.05) is 20.8 Å². The molecule has 0 bridgehead atoms. The molecule has 1 amide bonds. The van der Waals surface area contributed by atoms with E-state index in [1.54, 1.807) is 18.1 Å². The van der Waals surface area contributed by atoms with E-state index in [0.29, 0.717) is 6.42 Å². The van der Waals surface area contributed by atoms with Crippen LogP contribution in [-0.2, 0) is 16.6 Å². The van der Waals surface area contributed by atoms with E-state index in [1.807, 2.05) is 0 Å². The fourth-order valence-electron chi connectivity index (χ4n) is 2.24. The second-order valence-corrected chi connectivity index (χ2v) is 5.36. The highest BCUT2D eigenvalue weighted by Crippen LogP contribution is 2.33. The minimum absolute atomic E-state index is 0.105. The van der Waals surface area contributed by atoms with Crippen molar-refractivity contribution in [2.75, 3.05) is 11.9 Å². The van der Waals surface area contributed by atoms with E-state index in [1.165, 1.54) is 11.1 Å². The molecule has 1 aromatic heterocycles. The third-order valence-electron chi connectivity index (χ3n) is 3.12. The van der Waals surface area contributed by atoms with Crippen molar-refractivity contribution in [1.29, 1.82) is 0 Å². The number of fused-ring (bicyclic) bond motifs is 1. The molecule has 86 valence electrons. The highest BCUT2D eigenvalue weighted by Gasteiger charge is 2.27. The van der Waals surface area contributed by atoms with Crippen LogP contribution in [0.1, 0.15) is 38.3 Å². The number of rotatable bonds is 0. The van der Waals surface area contributed by atoms with Crippen LogP contribution in [0, 0.1) is 0 Å². The predicted octanol–water partition coefficient (Wildman–Crippen LogP) is 2.29. The Morgan fingerprint density at radius 1 is 1.31 bits per heavy atom. The summed E-state index contributed by atoms with van der Waals surface area (Å²) in [5.74, 6) is 0.995. The predicted molar refractivity (Wildman–Crippen MR) is 64.7 cm³/mol. The first-order chi connectivity index (χ1) is 7.41. The Morgan fingerprint density at radius 2 is 2.00 bits per heavy atom. The van der Waals surface area contributed by atoms with E-state index in [-0.39, 0.29) is 11.3 Å². The van der Waals surface area contributed by atoms with Crippen LogP contribution in [0.15, 0.2) is 12.3 Å². The largest absolute Gasteiger partial charge is 0.300 e. The van der Waals surface area contributed by atoms with Gasteiger partial charge in [-0.2, -0.15) is 0 Å². The summed E-state index contributed by atoms with van der Waals surface area (Å²) >= 11 is 0. The lowest BCUT2D eigenvalue weighted by molar-refractivity contribution is -0.118. The van der Waals surface area contributed by atoms with Crippen LogP contribution in [0.25, 0.3) is 0 Å². The molecule has 0 aliphatic carbocycles. The normalized spacial score (nSPS) is 16.2. The van der Waals surface area contributed by atoms with Gasteiger partial charge < -0.3 is 0 Å². The van der Waals surface area contributed by atoms with E-state index >= 15 is 0 Å². The Hall–Kier alpha value is -1.38. The van der Waals surface area contributed by atoms with Gasteiger partial charge in [0.1, 0.15) is 5.82 Å². The van der Waals surface area contributed by atoms with Gasteiger partial charge in [0.05, 0.1) is 0 Å². The molecule has 2 rings (SSSR count). The van der Waals surface area contributed by atoms with Crippen LogP contribution >= 0.6 is 0 Å². The number of anilines is 1. The Bertz CT molecular complexity index is 432.